The maximum atomic E-state index is 12.9. The molecule has 0 radical (unpaired) electrons. The summed E-state index contributed by atoms with van der Waals surface area (Å²) in [5.74, 6) is -0.0931. The Balaban J connectivity index is 1.55. The van der Waals surface area contributed by atoms with Crippen molar-refractivity contribution in [2.45, 2.75) is 51.0 Å². The minimum absolute atomic E-state index is 0.127. The van der Waals surface area contributed by atoms with Crippen LogP contribution < -0.4 is 11.5 Å². The van der Waals surface area contributed by atoms with Crippen molar-refractivity contribution in [3.05, 3.63) is 54.2 Å². The number of aromatic nitrogens is 6. The summed E-state index contributed by atoms with van der Waals surface area (Å²) in [5.41, 5.74) is 15.3. The van der Waals surface area contributed by atoms with Crippen molar-refractivity contribution in [3.63, 3.8) is 0 Å². The van der Waals surface area contributed by atoms with Gasteiger partial charge in [-0.3, -0.25) is 15.0 Å². The Bertz CT molecular complexity index is 1590. The smallest absolute Gasteiger partial charge is 0.289 e. The molecule has 4 aromatic heterocycles. The predicted octanol–water partition coefficient (Wildman–Crippen LogP) is 2.60. The van der Waals surface area contributed by atoms with E-state index in [0.717, 1.165) is 43.1 Å². The molecule has 4 heterocycles. The molecule has 5 N–H and O–H groups in total. The van der Waals surface area contributed by atoms with Gasteiger partial charge in [0.25, 0.3) is 5.91 Å². The molecule has 13 nitrogen and oxygen atoms in total. The van der Waals surface area contributed by atoms with Crippen molar-refractivity contribution < 1.29 is 9.59 Å². The maximum Gasteiger partial charge on any atom is 0.289 e. The Morgan fingerprint density at radius 1 is 1.20 bits per heavy atom. The number of amidine groups is 1. The lowest BCUT2D eigenvalue weighted by Crippen LogP contribution is -2.44. The number of aliphatic imine (C=N–C) groups is 1. The van der Waals surface area contributed by atoms with Crippen molar-refractivity contribution in [2.24, 2.45) is 10.7 Å². The number of hydrogen-bond donors (Lipinski definition) is 3. The van der Waals surface area contributed by atoms with Crippen LogP contribution >= 0.6 is 0 Å². The Labute approximate surface area is 230 Å². The van der Waals surface area contributed by atoms with Crippen molar-refractivity contribution in [2.75, 3.05) is 12.8 Å². The molecule has 40 heavy (non-hydrogen) atoms. The molecular formula is C27H31N11O2. The van der Waals surface area contributed by atoms with E-state index in [0.29, 0.717) is 29.1 Å². The van der Waals surface area contributed by atoms with Gasteiger partial charge in [-0.05, 0) is 44.4 Å². The number of carbonyl (C=O) groups excluding carboxylic acids is 2. The molecule has 0 aliphatic heterocycles. The molecule has 13 heteroatoms. The number of nitrogens with zero attached hydrogens (tertiary/aromatic N) is 8. The zero-order chi connectivity index (χ0) is 28.4. The van der Waals surface area contributed by atoms with E-state index in [-0.39, 0.29) is 29.4 Å². The summed E-state index contributed by atoms with van der Waals surface area (Å²) < 4.78 is 3.16. The molecule has 2 atom stereocenters. The van der Waals surface area contributed by atoms with Crippen LogP contribution in [-0.4, -0.2) is 71.2 Å². The first-order chi connectivity index (χ1) is 19.3. The Morgan fingerprint density at radius 2 is 2.00 bits per heavy atom. The molecule has 0 spiro atoms. The van der Waals surface area contributed by atoms with E-state index < -0.39 is 5.91 Å². The van der Waals surface area contributed by atoms with Gasteiger partial charge in [-0.1, -0.05) is 12.8 Å². The van der Waals surface area contributed by atoms with E-state index in [1.54, 1.807) is 35.2 Å². The van der Waals surface area contributed by atoms with Crippen molar-refractivity contribution in [3.8, 4) is 16.9 Å². The molecule has 1 fully saturated rings. The highest BCUT2D eigenvalue weighted by atomic mass is 16.2. The fraction of sp³-hybridized carbons (Fsp3) is 0.333. The molecule has 4 aromatic rings. The number of nitrogens with two attached hydrogens (primary N) is 2. The Kier molecular flexibility index (Phi) is 7.36. The molecule has 1 saturated carbocycles. The van der Waals surface area contributed by atoms with Gasteiger partial charge in [0, 0.05) is 48.7 Å². The molecule has 206 valence electrons. The summed E-state index contributed by atoms with van der Waals surface area (Å²) in [6.45, 7) is 1.48. The van der Waals surface area contributed by atoms with E-state index in [1.165, 1.54) is 11.4 Å². The zero-order valence-corrected chi connectivity index (χ0v) is 22.4. The maximum absolute atomic E-state index is 12.9. The number of hydrogen-bond acceptors (Lipinski definition) is 8. The average molecular weight is 542 g/mol. The Hall–Kier alpha value is -4.94. The molecule has 0 aromatic carbocycles. The summed E-state index contributed by atoms with van der Waals surface area (Å²) in [7, 11) is 1.69. The van der Waals surface area contributed by atoms with Gasteiger partial charge in [-0.25, -0.2) is 19.6 Å². The van der Waals surface area contributed by atoms with Gasteiger partial charge >= 0.3 is 0 Å². The molecule has 0 saturated heterocycles. The van der Waals surface area contributed by atoms with Crippen LogP contribution in [0.1, 0.15) is 61.0 Å². The molecule has 2 unspecified atom stereocenters. The SMILES string of the molecule is CC(=O)c1c(C2CCCCC(N(C)C(=O)C(N)=NC=N)C2)nc2c(-c3ccc(-n4cccn4)nc3)cnn2c1N. The number of rotatable bonds is 6. The lowest BCUT2D eigenvalue weighted by Gasteiger charge is -2.29. The lowest BCUT2D eigenvalue weighted by molar-refractivity contribution is -0.125. The van der Waals surface area contributed by atoms with Gasteiger partial charge in [0.05, 0.1) is 17.5 Å². The zero-order valence-electron chi connectivity index (χ0n) is 22.4. The normalized spacial score (nSPS) is 17.9. The van der Waals surface area contributed by atoms with Crippen molar-refractivity contribution in [1.82, 2.24) is 34.3 Å². The van der Waals surface area contributed by atoms with Crippen LogP contribution in [-0.2, 0) is 4.79 Å². The summed E-state index contributed by atoms with van der Waals surface area (Å²) >= 11 is 0. The fourth-order valence-corrected chi connectivity index (χ4v) is 5.38. The number of anilines is 1. The number of Topliss-reactive ketones (excluding diaryl/α,β-unsaturated/α-hetero) is 1. The lowest BCUT2D eigenvalue weighted by atomic mass is 9.89. The molecular weight excluding hydrogens is 510 g/mol. The average Bonchev–Trinajstić information content (AvgIpc) is 3.57. The van der Waals surface area contributed by atoms with Crippen molar-refractivity contribution >= 4 is 35.3 Å². The third kappa shape index (κ3) is 4.93. The number of likely N-dealkylation sites (N-methyl/N-ethyl adjacent to an activating group) is 1. The minimum Gasteiger partial charge on any atom is -0.383 e. The number of carbonyl (C=O) groups is 2. The van der Waals surface area contributed by atoms with Crippen molar-refractivity contribution in [1.29, 1.82) is 5.41 Å². The first-order valence-corrected chi connectivity index (χ1v) is 13.0. The van der Waals surface area contributed by atoms with E-state index in [4.69, 9.17) is 21.9 Å². The van der Waals surface area contributed by atoms with Gasteiger partial charge in [-0.2, -0.15) is 14.7 Å². The number of pyridine rings is 1. The standard InChI is InChI=1S/C27H31N11O2/c1-16(39)22-23(17-6-3-4-7-19(12-17)36(2)27(40)24(29)32-15-28)35-26-20(14-34-38(26)25(22)30)18-8-9-21(31-13-18)37-11-5-10-33-37/h5,8-11,13-15,17,19H,3-4,6-7,12,30H2,1-2H3,(H3,28,29,32). The second-order valence-corrected chi connectivity index (χ2v) is 9.89. The minimum atomic E-state index is -0.437. The number of ketones is 1. The molecule has 5 rings (SSSR count). The number of fused-ring (bicyclic) bond motifs is 1. The second-order valence-electron chi connectivity index (χ2n) is 9.89. The highest BCUT2D eigenvalue weighted by Crippen LogP contribution is 2.37. The van der Waals surface area contributed by atoms with Crippen LogP contribution in [0.25, 0.3) is 22.6 Å². The largest absolute Gasteiger partial charge is 0.383 e. The van der Waals surface area contributed by atoms with Gasteiger partial charge < -0.3 is 16.4 Å². The van der Waals surface area contributed by atoms with Crippen LogP contribution in [0.3, 0.4) is 0 Å². The third-order valence-electron chi connectivity index (χ3n) is 7.43. The number of nitrogen functional groups attached to an aromatic ring is 1. The van der Waals surface area contributed by atoms with Gasteiger partial charge in [0.15, 0.2) is 23.1 Å². The summed E-state index contributed by atoms with van der Waals surface area (Å²) in [5, 5.41) is 15.8. The van der Waals surface area contributed by atoms with E-state index in [9.17, 15) is 9.59 Å². The van der Waals surface area contributed by atoms with Crippen LogP contribution in [0.15, 0.2) is 48.0 Å². The van der Waals surface area contributed by atoms with Gasteiger partial charge in [0.1, 0.15) is 12.2 Å². The van der Waals surface area contributed by atoms with Crippen LogP contribution in [0.2, 0.25) is 0 Å². The predicted molar refractivity (Wildman–Crippen MR) is 151 cm³/mol. The molecule has 1 aliphatic rings. The molecule has 1 amide bonds. The van der Waals surface area contributed by atoms with Gasteiger partial charge in [0.2, 0.25) is 0 Å². The van der Waals surface area contributed by atoms with Crippen LogP contribution in [0.5, 0.6) is 0 Å². The van der Waals surface area contributed by atoms with Crippen LogP contribution in [0.4, 0.5) is 5.82 Å². The quantitative estimate of drug-likeness (QED) is 0.144. The summed E-state index contributed by atoms with van der Waals surface area (Å²) in [4.78, 5) is 40.4. The number of amides is 1. The highest BCUT2D eigenvalue weighted by molar-refractivity contribution is 6.38. The monoisotopic (exact) mass is 541 g/mol. The Morgan fingerprint density at radius 3 is 2.67 bits per heavy atom. The topological polar surface area (TPSA) is 187 Å². The first-order valence-electron chi connectivity index (χ1n) is 13.0. The van der Waals surface area contributed by atoms with Gasteiger partial charge in [-0.15, -0.1) is 0 Å². The summed E-state index contributed by atoms with van der Waals surface area (Å²) in [6.07, 6.45) is 11.6. The highest BCUT2D eigenvalue weighted by Gasteiger charge is 2.32. The number of nitrogens with one attached hydrogen (secondary N) is 1. The second kappa shape index (κ2) is 11.0. The van der Waals surface area contributed by atoms with E-state index in [2.05, 4.69) is 20.2 Å². The fourth-order valence-electron chi connectivity index (χ4n) is 5.38. The molecule has 1 aliphatic carbocycles. The van der Waals surface area contributed by atoms with E-state index >= 15 is 0 Å². The first kappa shape index (κ1) is 26.7. The van der Waals surface area contributed by atoms with Crippen LogP contribution in [0, 0.1) is 5.41 Å². The molecule has 0 bridgehead atoms. The summed E-state index contributed by atoms with van der Waals surface area (Å²) in [6, 6.07) is 5.45. The third-order valence-corrected chi connectivity index (χ3v) is 7.43. The van der Waals surface area contributed by atoms with E-state index in [1.807, 2.05) is 24.4 Å².